The Morgan fingerprint density at radius 1 is 0.893 bits per heavy atom. The van der Waals surface area contributed by atoms with E-state index in [0.717, 1.165) is 5.69 Å². The van der Waals surface area contributed by atoms with Crippen LogP contribution in [0.3, 0.4) is 0 Å². The molecule has 28 heavy (non-hydrogen) atoms. The zero-order valence-electron chi connectivity index (χ0n) is 15.3. The van der Waals surface area contributed by atoms with Crippen LogP contribution in [0.4, 0.5) is 0 Å². The maximum absolute atomic E-state index is 12.8. The molecule has 0 saturated heterocycles. The van der Waals surface area contributed by atoms with Gasteiger partial charge in [-0.1, -0.05) is 66.7 Å². The van der Waals surface area contributed by atoms with Crippen LogP contribution in [0.15, 0.2) is 97.6 Å². The van der Waals surface area contributed by atoms with E-state index in [1.807, 2.05) is 54.6 Å². The molecule has 0 aliphatic heterocycles. The van der Waals surface area contributed by atoms with Gasteiger partial charge in [-0.2, -0.15) is 5.10 Å². The number of aromatic nitrogens is 3. The third kappa shape index (κ3) is 3.99. The van der Waals surface area contributed by atoms with E-state index in [1.165, 1.54) is 17.5 Å². The van der Waals surface area contributed by atoms with Crippen LogP contribution in [0.1, 0.15) is 27.4 Å². The average Bonchev–Trinajstić information content (AvgIpc) is 3.30. The van der Waals surface area contributed by atoms with E-state index in [1.54, 1.807) is 17.1 Å². The number of benzene rings is 3. The van der Waals surface area contributed by atoms with Crippen molar-refractivity contribution in [3.05, 3.63) is 114 Å². The molecule has 1 N–H and O–H groups in total. The van der Waals surface area contributed by atoms with Crippen LogP contribution in [0, 0.1) is 0 Å². The monoisotopic (exact) mass is 368 g/mol. The maximum atomic E-state index is 12.8. The Balaban J connectivity index is 1.53. The highest BCUT2D eigenvalue weighted by atomic mass is 16.1. The number of carbonyl (C=O) groups is 1. The average molecular weight is 368 g/mol. The van der Waals surface area contributed by atoms with E-state index in [4.69, 9.17) is 0 Å². The molecule has 5 nitrogen and oxygen atoms in total. The van der Waals surface area contributed by atoms with Gasteiger partial charge < -0.3 is 5.32 Å². The molecule has 0 spiro atoms. The van der Waals surface area contributed by atoms with E-state index in [9.17, 15) is 4.79 Å². The van der Waals surface area contributed by atoms with E-state index in [0.29, 0.717) is 12.1 Å². The summed E-state index contributed by atoms with van der Waals surface area (Å²) in [4.78, 5) is 16.7. The SMILES string of the molecule is O=C(NCC(c1ccccc1)c1ccccc1)c1cccc(-n2cncn2)c1. The number of carbonyl (C=O) groups excluding carboxylic acids is 1. The molecule has 0 atom stereocenters. The number of nitrogens with one attached hydrogen (secondary N) is 1. The van der Waals surface area contributed by atoms with Crippen LogP contribution < -0.4 is 5.32 Å². The highest BCUT2D eigenvalue weighted by molar-refractivity contribution is 5.94. The molecular weight excluding hydrogens is 348 g/mol. The second kappa shape index (κ2) is 8.31. The molecule has 0 radical (unpaired) electrons. The molecule has 0 fully saturated rings. The molecule has 1 amide bonds. The second-order valence-electron chi connectivity index (χ2n) is 6.47. The summed E-state index contributed by atoms with van der Waals surface area (Å²) in [6, 6.07) is 27.8. The number of hydrogen-bond donors (Lipinski definition) is 1. The molecular formula is C23H20N4O. The molecule has 0 unspecified atom stereocenters. The van der Waals surface area contributed by atoms with Gasteiger partial charge in [0.2, 0.25) is 0 Å². The molecule has 4 aromatic rings. The lowest BCUT2D eigenvalue weighted by Gasteiger charge is -2.19. The molecule has 1 aromatic heterocycles. The molecule has 0 aliphatic carbocycles. The third-order valence-corrected chi connectivity index (χ3v) is 4.66. The third-order valence-electron chi connectivity index (χ3n) is 4.66. The van der Waals surface area contributed by atoms with E-state index < -0.39 is 0 Å². The highest BCUT2D eigenvalue weighted by Gasteiger charge is 2.16. The van der Waals surface area contributed by atoms with Gasteiger partial charge in [-0.25, -0.2) is 9.67 Å². The van der Waals surface area contributed by atoms with Crippen LogP contribution in [0.25, 0.3) is 5.69 Å². The first-order valence-electron chi connectivity index (χ1n) is 9.14. The van der Waals surface area contributed by atoms with Crippen LogP contribution in [-0.4, -0.2) is 27.2 Å². The molecule has 0 bridgehead atoms. The number of rotatable bonds is 6. The minimum Gasteiger partial charge on any atom is -0.351 e. The Hall–Kier alpha value is -3.73. The summed E-state index contributed by atoms with van der Waals surface area (Å²) in [5.74, 6) is -0.0244. The fourth-order valence-electron chi connectivity index (χ4n) is 3.23. The quantitative estimate of drug-likeness (QED) is 0.563. The Morgan fingerprint density at radius 3 is 2.18 bits per heavy atom. The predicted molar refractivity (Wildman–Crippen MR) is 108 cm³/mol. The van der Waals surface area contributed by atoms with Crippen molar-refractivity contribution in [1.29, 1.82) is 0 Å². The Labute approximate surface area is 163 Å². The summed E-state index contributed by atoms with van der Waals surface area (Å²) in [5, 5.41) is 7.20. The Morgan fingerprint density at radius 2 is 1.57 bits per heavy atom. The van der Waals surface area contributed by atoms with Gasteiger partial charge in [-0.3, -0.25) is 4.79 Å². The van der Waals surface area contributed by atoms with E-state index in [2.05, 4.69) is 39.7 Å². The van der Waals surface area contributed by atoms with Gasteiger partial charge in [-0.05, 0) is 29.3 Å². The van der Waals surface area contributed by atoms with Crippen LogP contribution in [0.5, 0.6) is 0 Å². The van der Waals surface area contributed by atoms with Gasteiger partial charge in [0.1, 0.15) is 12.7 Å². The van der Waals surface area contributed by atoms with Crippen molar-refractivity contribution < 1.29 is 4.79 Å². The summed E-state index contributed by atoms with van der Waals surface area (Å²) >= 11 is 0. The maximum Gasteiger partial charge on any atom is 0.251 e. The first kappa shape index (κ1) is 17.7. The fourth-order valence-corrected chi connectivity index (χ4v) is 3.23. The van der Waals surface area contributed by atoms with Gasteiger partial charge in [0.15, 0.2) is 0 Å². The fraction of sp³-hybridized carbons (Fsp3) is 0.0870. The van der Waals surface area contributed by atoms with Crippen molar-refractivity contribution in [2.45, 2.75) is 5.92 Å². The lowest BCUT2D eigenvalue weighted by Crippen LogP contribution is -2.29. The Kier molecular flexibility index (Phi) is 5.24. The molecule has 0 aliphatic rings. The zero-order chi connectivity index (χ0) is 19.2. The largest absolute Gasteiger partial charge is 0.351 e. The van der Waals surface area contributed by atoms with Crippen LogP contribution in [0.2, 0.25) is 0 Å². The normalized spacial score (nSPS) is 10.8. The standard InChI is InChI=1S/C23H20N4O/c28-23(20-12-7-13-21(14-20)27-17-24-16-26-27)25-15-22(18-8-3-1-4-9-18)19-10-5-2-6-11-19/h1-14,16-17,22H,15H2,(H,25,28). The van der Waals surface area contributed by atoms with Crippen LogP contribution >= 0.6 is 0 Å². The molecule has 0 saturated carbocycles. The zero-order valence-corrected chi connectivity index (χ0v) is 15.3. The van der Waals surface area contributed by atoms with Crippen molar-refractivity contribution in [1.82, 2.24) is 20.1 Å². The topological polar surface area (TPSA) is 59.8 Å². The lowest BCUT2D eigenvalue weighted by molar-refractivity contribution is 0.0952. The summed E-state index contributed by atoms with van der Waals surface area (Å²) in [6.07, 6.45) is 3.08. The van der Waals surface area contributed by atoms with Crippen molar-refractivity contribution in [2.24, 2.45) is 0 Å². The van der Waals surface area contributed by atoms with Crippen molar-refractivity contribution in [2.75, 3.05) is 6.54 Å². The minimum absolute atomic E-state index is 0.0878. The van der Waals surface area contributed by atoms with Gasteiger partial charge >= 0.3 is 0 Å². The van der Waals surface area contributed by atoms with Crippen LogP contribution in [-0.2, 0) is 0 Å². The smallest absolute Gasteiger partial charge is 0.251 e. The number of hydrogen-bond acceptors (Lipinski definition) is 3. The van der Waals surface area contributed by atoms with Crippen molar-refractivity contribution in [3.8, 4) is 5.69 Å². The predicted octanol–water partition coefficient (Wildman–Crippen LogP) is 3.83. The molecule has 4 rings (SSSR count). The van der Waals surface area contributed by atoms with Gasteiger partial charge in [0.25, 0.3) is 5.91 Å². The summed E-state index contributed by atoms with van der Waals surface area (Å²) in [6.45, 7) is 0.514. The van der Waals surface area contributed by atoms with Gasteiger partial charge in [0, 0.05) is 18.0 Å². The highest BCUT2D eigenvalue weighted by Crippen LogP contribution is 2.23. The van der Waals surface area contributed by atoms with Gasteiger partial charge in [0.05, 0.1) is 5.69 Å². The van der Waals surface area contributed by atoms with Gasteiger partial charge in [-0.15, -0.1) is 0 Å². The summed E-state index contributed by atoms with van der Waals surface area (Å²) in [7, 11) is 0. The lowest BCUT2D eigenvalue weighted by atomic mass is 9.91. The van der Waals surface area contributed by atoms with Crippen molar-refractivity contribution in [3.63, 3.8) is 0 Å². The Bertz CT molecular complexity index is 991. The van der Waals surface area contributed by atoms with E-state index in [-0.39, 0.29) is 11.8 Å². The minimum atomic E-state index is -0.112. The number of nitrogens with zero attached hydrogens (tertiary/aromatic N) is 3. The second-order valence-corrected chi connectivity index (χ2v) is 6.47. The molecule has 138 valence electrons. The molecule has 1 heterocycles. The molecule has 3 aromatic carbocycles. The van der Waals surface area contributed by atoms with E-state index >= 15 is 0 Å². The number of amides is 1. The first-order valence-corrected chi connectivity index (χ1v) is 9.14. The first-order chi connectivity index (χ1) is 13.8. The summed E-state index contributed by atoms with van der Waals surface area (Å²) < 4.78 is 1.63. The summed E-state index contributed by atoms with van der Waals surface area (Å²) in [5.41, 5.74) is 3.73. The molecule has 5 heteroatoms. The van der Waals surface area contributed by atoms with Crippen molar-refractivity contribution >= 4 is 5.91 Å².